The molecule has 112 valence electrons. The fourth-order valence-electron chi connectivity index (χ4n) is 3.01. The summed E-state index contributed by atoms with van der Waals surface area (Å²) >= 11 is 1.51. The molecule has 0 aromatic heterocycles. The quantitative estimate of drug-likeness (QED) is 0.862. The van der Waals surface area contributed by atoms with Gasteiger partial charge in [0.1, 0.15) is 6.04 Å². The lowest BCUT2D eigenvalue weighted by molar-refractivity contribution is -0.141. The second-order valence-electron chi connectivity index (χ2n) is 5.37. The fraction of sp³-hybridized carbons (Fsp3) is 0.467. The SMILES string of the molecule is CC1SCC(C(=O)O)N1C(=O)c1cccc2c1CCNC2. The van der Waals surface area contributed by atoms with Crippen LogP contribution in [0.25, 0.3) is 0 Å². The van der Waals surface area contributed by atoms with E-state index in [9.17, 15) is 14.7 Å². The Bertz CT molecular complexity index is 590. The van der Waals surface area contributed by atoms with E-state index in [1.54, 1.807) is 0 Å². The van der Waals surface area contributed by atoms with Crippen LogP contribution < -0.4 is 5.32 Å². The van der Waals surface area contributed by atoms with Gasteiger partial charge in [0.2, 0.25) is 0 Å². The average Bonchev–Trinajstić information content (AvgIpc) is 2.88. The third kappa shape index (κ3) is 2.53. The van der Waals surface area contributed by atoms with Crippen LogP contribution in [0.5, 0.6) is 0 Å². The number of nitrogens with zero attached hydrogens (tertiary/aromatic N) is 1. The zero-order valence-corrected chi connectivity index (χ0v) is 12.7. The number of hydrogen-bond acceptors (Lipinski definition) is 4. The molecule has 5 nitrogen and oxygen atoms in total. The number of aliphatic carboxylic acids is 1. The maximum Gasteiger partial charge on any atom is 0.327 e. The van der Waals surface area contributed by atoms with Crippen LogP contribution in [0.4, 0.5) is 0 Å². The Morgan fingerprint density at radius 2 is 2.24 bits per heavy atom. The molecule has 1 aromatic carbocycles. The molecule has 2 atom stereocenters. The van der Waals surface area contributed by atoms with E-state index >= 15 is 0 Å². The summed E-state index contributed by atoms with van der Waals surface area (Å²) in [7, 11) is 0. The molecule has 0 aliphatic carbocycles. The molecule has 1 aromatic rings. The summed E-state index contributed by atoms with van der Waals surface area (Å²) in [6.45, 7) is 3.51. The van der Waals surface area contributed by atoms with E-state index < -0.39 is 12.0 Å². The predicted octanol–water partition coefficient (Wildman–Crippen LogP) is 1.32. The van der Waals surface area contributed by atoms with E-state index in [1.807, 2.05) is 25.1 Å². The van der Waals surface area contributed by atoms with Crippen molar-refractivity contribution in [2.45, 2.75) is 31.3 Å². The topological polar surface area (TPSA) is 69.6 Å². The Morgan fingerprint density at radius 1 is 1.43 bits per heavy atom. The monoisotopic (exact) mass is 306 g/mol. The minimum atomic E-state index is -0.924. The number of benzene rings is 1. The lowest BCUT2D eigenvalue weighted by Gasteiger charge is -2.27. The Hall–Kier alpha value is -1.53. The lowest BCUT2D eigenvalue weighted by Crippen LogP contribution is -2.45. The number of hydrogen-bond donors (Lipinski definition) is 2. The van der Waals surface area contributed by atoms with Crippen molar-refractivity contribution in [3.8, 4) is 0 Å². The molecule has 21 heavy (non-hydrogen) atoms. The van der Waals surface area contributed by atoms with Crippen LogP contribution >= 0.6 is 11.8 Å². The normalized spacial score (nSPS) is 24.7. The highest BCUT2D eigenvalue weighted by atomic mass is 32.2. The van der Waals surface area contributed by atoms with Crippen LogP contribution in [0.1, 0.15) is 28.4 Å². The van der Waals surface area contributed by atoms with Crippen molar-refractivity contribution in [2.75, 3.05) is 12.3 Å². The molecule has 0 saturated carbocycles. The number of thioether (sulfide) groups is 1. The van der Waals surface area contributed by atoms with Gasteiger partial charge in [0.05, 0.1) is 5.37 Å². The number of carbonyl (C=O) groups excluding carboxylic acids is 1. The van der Waals surface area contributed by atoms with Crippen molar-refractivity contribution in [1.82, 2.24) is 10.2 Å². The molecule has 1 saturated heterocycles. The van der Waals surface area contributed by atoms with Gasteiger partial charge in [-0.3, -0.25) is 4.79 Å². The molecule has 2 unspecified atom stereocenters. The van der Waals surface area contributed by atoms with Gasteiger partial charge in [-0.25, -0.2) is 4.79 Å². The molecule has 0 spiro atoms. The van der Waals surface area contributed by atoms with E-state index in [1.165, 1.54) is 16.7 Å². The highest BCUT2D eigenvalue weighted by Crippen LogP contribution is 2.31. The molecule has 1 fully saturated rings. The van der Waals surface area contributed by atoms with E-state index in [4.69, 9.17) is 0 Å². The zero-order chi connectivity index (χ0) is 15.0. The van der Waals surface area contributed by atoms with Crippen LogP contribution in [0.15, 0.2) is 18.2 Å². The van der Waals surface area contributed by atoms with Gasteiger partial charge in [0, 0.05) is 17.9 Å². The van der Waals surface area contributed by atoms with Gasteiger partial charge in [-0.2, -0.15) is 0 Å². The summed E-state index contributed by atoms with van der Waals surface area (Å²) in [6.07, 6.45) is 0.810. The molecular formula is C15H18N2O3S. The van der Waals surface area contributed by atoms with E-state index in [0.717, 1.165) is 30.6 Å². The lowest BCUT2D eigenvalue weighted by atomic mass is 9.94. The Balaban J connectivity index is 1.96. The largest absolute Gasteiger partial charge is 0.480 e. The smallest absolute Gasteiger partial charge is 0.327 e. The molecule has 2 aliphatic heterocycles. The molecule has 6 heteroatoms. The first kappa shape index (κ1) is 14.4. The maximum atomic E-state index is 12.9. The summed E-state index contributed by atoms with van der Waals surface area (Å²) in [4.78, 5) is 25.8. The maximum absolute atomic E-state index is 12.9. The Morgan fingerprint density at radius 3 is 3.00 bits per heavy atom. The summed E-state index contributed by atoms with van der Waals surface area (Å²) in [5.41, 5.74) is 2.86. The minimum Gasteiger partial charge on any atom is -0.480 e. The first-order chi connectivity index (χ1) is 10.1. The molecule has 1 amide bonds. The minimum absolute atomic E-state index is 0.101. The van der Waals surface area contributed by atoms with Crippen LogP contribution in [0.2, 0.25) is 0 Å². The number of carboxylic acids is 1. The fourth-order valence-corrected chi connectivity index (χ4v) is 4.18. The molecule has 2 heterocycles. The van der Waals surface area contributed by atoms with Gasteiger partial charge in [-0.05, 0) is 37.1 Å². The summed E-state index contributed by atoms with van der Waals surface area (Å²) in [6, 6.07) is 4.99. The van der Waals surface area contributed by atoms with Gasteiger partial charge < -0.3 is 15.3 Å². The summed E-state index contributed by atoms with van der Waals surface area (Å²) in [5, 5.41) is 12.5. The highest BCUT2D eigenvalue weighted by molar-refractivity contribution is 8.00. The molecule has 0 radical (unpaired) electrons. The highest BCUT2D eigenvalue weighted by Gasteiger charge is 2.40. The first-order valence-corrected chi connectivity index (χ1v) is 8.13. The molecule has 2 aliphatic rings. The second kappa shape index (κ2) is 5.69. The van der Waals surface area contributed by atoms with Gasteiger partial charge in [-0.1, -0.05) is 12.1 Å². The van der Waals surface area contributed by atoms with Crippen LogP contribution in [0, 0.1) is 0 Å². The predicted molar refractivity (Wildman–Crippen MR) is 81.4 cm³/mol. The van der Waals surface area contributed by atoms with Crippen molar-refractivity contribution in [3.05, 3.63) is 34.9 Å². The molecule has 2 N–H and O–H groups in total. The second-order valence-corrected chi connectivity index (χ2v) is 6.72. The van der Waals surface area contributed by atoms with Gasteiger partial charge in [0.15, 0.2) is 0 Å². The van der Waals surface area contributed by atoms with E-state index in [-0.39, 0.29) is 11.3 Å². The van der Waals surface area contributed by atoms with Gasteiger partial charge in [-0.15, -0.1) is 11.8 Å². The Kier molecular flexibility index (Phi) is 3.91. The molecular weight excluding hydrogens is 288 g/mol. The van der Waals surface area contributed by atoms with Crippen LogP contribution in [-0.4, -0.2) is 45.6 Å². The third-order valence-electron chi connectivity index (χ3n) is 4.11. The van der Waals surface area contributed by atoms with Crippen LogP contribution in [0.3, 0.4) is 0 Å². The van der Waals surface area contributed by atoms with E-state index in [2.05, 4.69) is 5.32 Å². The standard InChI is InChI=1S/C15H18N2O3S/c1-9-17(13(8-21-9)15(19)20)14(18)12-4-2-3-10-7-16-6-5-11(10)12/h2-4,9,13,16H,5-8H2,1H3,(H,19,20). The molecule has 3 rings (SSSR count). The van der Waals surface area contributed by atoms with Gasteiger partial charge >= 0.3 is 5.97 Å². The molecule has 0 bridgehead atoms. The number of carbonyl (C=O) groups is 2. The summed E-state index contributed by atoms with van der Waals surface area (Å²) < 4.78 is 0. The number of carboxylic acid groups (broad SMARTS) is 1. The summed E-state index contributed by atoms with van der Waals surface area (Å²) in [5.74, 6) is -0.621. The van der Waals surface area contributed by atoms with Crippen LogP contribution in [-0.2, 0) is 17.8 Å². The zero-order valence-electron chi connectivity index (χ0n) is 11.8. The van der Waals surface area contributed by atoms with Crippen molar-refractivity contribution in [2.24, 2.45) is 0 Å². The van der Waals surface area contributed by atoms with E-state index in [0.29, 0.717) is 11.3 Å². The Labute approximate surface area is 127 Å². The van der Waals surface area contributed by atoms with Gasteiger partial charge in [0.25, 0.3) is 5.91 Å². The number of nitrogens with one attached hydrogen (secondary N) is 1. The first-order valence-electron chi connectivity index (χ1n) is 7.08. The average molecular weight is 306 g/mol. The van der Waals surface area contributed by atoms with Crippen molar-refractivity contribution in [1.29, 1.82) is 0 Å². The van der Waals surface area contributed by atoms with Crippen molar-refractivity contribution < 1.29 is 14.7 Å². The van der Waals surface area contributed by atoms with Crippen molar-refractivity contribution in [3.63, 3.8) is 0 Å². The number of fused-ring (bicyclic) bond motifs is 1. The third-order valence-corrected chi connectivity index (χ3v) is 5.33. The number of rotatable bonds is 2. The van der Waals surface area contributed by atoms with Crippen molar-refractivity contribution >= 4 is 23.6 Å². The number of amides is 1.